The molecule has 11 rings (SSSR count). The second-order valence-corrected chi connectivity index (χ2v) is 17.8. The zero-order valence-electron chi connectivity index (χ0n) is 33.2. The Kier molecular flexibility index (Phi) is 6.99. The van der Waals surface area contributed by atoms with Crippen molar-refractivity contribution >= 4 is 45.7 Å². The SMILES string of the molecule is CCCCc1ccc(N2c3ccc(CCCC)cc3B3c4c(cc5c(c42)C(C)(C)c2ccccc2-5)-c2cccc4c5c(n3c24)C(C)(C)c2ccccc2-5)cc1. The van der Waals surface area contributed by atoms with Gasteiger partial charge in [-0.25, -0.2) is 0 Å². The van der Waals surface area contributed by atoms with Crippen molar-refractivity contribution in [1.82, 2.24) is 4.48 Å². The van der Waals surface area contributed by atoms with E-state index in [1.807, 2.05) is 0 Å². The van der Waals surface area contributed by atoms with Gasteiger partial charge in [0.2, 0.25) is 0 Å². The van der Waals surface area contributed by atoms with Gasteiger partial charge in [0.25, 0.3) is 0 Å². The molecule has 0 atom stereocenters. The monoisotopic (exact) mass is 712 g/mol. The molecule has 1 aromatic heterocycles. The predicted molar refractivity (Wildman–Crippen MR) is 235 cm³/mol. The summed E-state index contributed by atoms with van der Waals surface area (Å²) in [7, 11) is 0. The van der Waals surface area contributed by atoms with Crippen LogP contribution in [-0.4, -0.2) is 11.3 Å². The topological polar surface area (TPSA) is 8.17 Å². The zero-order chi connectivity index (χ0) is 37.4. The number of para-hydroxylation sites is 1. The highest BCUT2D eigenvalue weighted by atomic mass is 15.2. The molecule has 2 aliphatic heterocycles. The van der Waals surface area contributed by atoms with Gasteiger partial charge in [-0.1, -0.05) is 145 Å². The lowest BCUT2D eigenvalue weighted by Crippen LogP contribution is -2.58. The molecule has 0 spiro atoms. The number of rotatable bonds is 7. The van der Waals surface area contributed by atoms with Crippen molar-refractivity contribution in [1.29, 1.82) is 0 Å². The maximum Gasteiger partial charge on any atom is 0.332 e. The van der Waals surface area contributed by atoms with E-state index >= 15 is 0 Å². The maximum absolute atomic E-state index is 2.83. The van der Waals surface area contributed by atoms with Crippen molar-refractivity contribution in [3.8, 4) is 33.4 Å². The molecule has 4 aliphatic rings. The van der Waals surface area contributed by atoms with Crippen LogP contribution in [0.25, 0.3) is 44.3 Å². The summed E-state index contributed by atoms with van der Waals surface area (Å²) in [6, 6.07) is 45.2. The summed E-state index contributed by atoms with van der Waals surface area (Å²) in [6.07, 6.45) is 7.04. The average Bonchev–Trinajstić information content (AvgIpc) is 3.76. The van der Waals surface area contributed by atoms with Crippen LogP contribution < -0.4 is 15.8 Å². The maximum atomic E-state index is 2.83. The van der Waals surface area contributed by atoms with Crippen molar-refractivity contribution in [3.63, 3.8) is 0 Å². The van der Waals surface area contributed by atoms with Gasteiger partial charge in [-0.3, -0.25) is 0 Å². The zero-order valence-corrected chi connectivity index (χ0v) is 33.2. The van der Waals surface area contributed by atoms with Crippen molar-refractivity contribution in [2.45, 2.75) is 90.9 Å². The second-order valence-electron chi connectivity index (χ2n) is 17.8. The van der Waals surface area contributed by atoms with Crippen LogP contribution in [-0.2, 0) is 23.7 Å². The minimum Gasteiger partial charge on any atom is -0.378 e. The average molecular weight is 713 g/mol. The number of anilines is 3. The second kappa shape index (κ2) is 11.6. The van der Waals surface area contributed by atoms with E-state index in [4.69, 9.17) is 0 Å². The molecule has 2 nitrogen and oxygen atoms in total. The lowest BCUT2D eigenvalue weighted by molar-refractivity contribution is 0.632. The van der Waals surface area contributed by atoms with E-state index in [2.05, 4.69) is 166 Å². The minimum absolute atomic E-state index is 0.0428. The van der Waals surface area contributed by atoms with Crippen LogP contribution in [0.2, 0.25) is 0 Å². The van der Waals surface area contributed by atoms with Crippen LogP contribution in [0.3, 0.4) is 0 Å². The van der Waals surface area contributed by atoms with Gasteiger partial charge in [0.1, 0.15) is 0 Å². The normalized spacial score (nSPS) is 15.7. The van der Waals surface area contributed by atoms with Crippen LogP contribution in [0.4, 0.5) is 17.1 Å². The first kappa shape index (κ1) is 33.1. The molecule has 3 heteroatoms. The minimum atomic E-state index is -0.181. The van der Waals surface area contributed by atoms with Gasteiger partial charge in [-0.2, -0.15) is 0 Å². The van der Waals surface area contributed by atoms with Crippen LogP contribution in [0, 0.1) is 0 Å². The fourth-order valence-corrected chi connectivity index (χ4v) is 11.3. The number of benzene rings is 6. The summed E-state index contributed by atoms with van der Waals surface area (Å²) in [6.45, 7) is 14.5. The molecular formula is C52H49BN2. The van der Waals surface area contributed by atoms with E-state index in [-0.39, 0.29) is 17.7 Å². The van der Waals surface area contributed by atoms with Gasteiger partial charge in [0, 0.05) is 55.6 Å². The Morgan fingerprint density at radius 1 is 0.582 bits per heavy atom. The summed E-state index contributed by atoms with van der Waals surface area (Å²) < 4.78 is 2.83. The number of hydrogen-bond donors (Lipinski definition) is 0. The van der Waals surface area contributed by atoms with E-state index in [0.29, 0.717) is 0 Å². The van der Waals surface area contributed by atoms with Gasteiger partial charge in [0.15, 0.2) is 0 Å². The Labute approximate surface area is 327 Å². The molecule has 0 unspecified atom stereocenters. The lowest BCUT2D eigenvalue weighted by Gasteiger charge is -2.44. The number of hydrogen-bond acceptors (Lipinski definition) is 1. The van der Waals surface area contributed by atoms with Crippen molar-refractivity contribution in [2.24, 2.45) is 0 Å². The molecule has 0 fully saturated rings. The molecule has 6 aromatic carbocycles. The smallest absolute Gasteiger partial charge is 0.332 e. The summed E-state index contributed by atoms with van der Waals surface area (Å²) >= 11 is 0. The molecular weight excluding hydrogens is 663 g/mol. The standard InChI is InChI=1S/C52H49BN2/c1-7-9-16-32-24-27-34(28-25-32)54-44-29-26-33(17-10-8-2)30-43(44)53-47-40(31-39-35-18-11-13-22-41(35)51(3,4)46(39)49(47)54)36-20-15-21-38-45-37-19-12-14-23-42(37)52(5,6)50(45)55(53)48(36)38/h11-15,18-31H,7-10,16-17H2,1-6H3. The molecule has 0 amide bonds. The fraction of sp³-hybridized carbons (Fsp3) is 0.269. The number of aromatic nitrogens is 1. The van der Waals surface area contributed by atoms with Crippen LogP contribution in [0.1, 0.15) is 101 Å². The van der Waals surface area contributed by atoms with Gasteiger partial charge < -0.3 is 9.38 Å². The van der Waals surface area contributed by atoms with E-state index in [1.165, 1.54) is 131 Å². The van der Waals surface area contributed by atoms with E-state index in [9.17, 15) is 0 Å². The van der Waals surface area contributed by atoms with Gasteiger partial charge in [-0.15, -0.1) is 0 Å². The first-order valence-electron chi connectivity index (χ1n) is 20.9. The molecule has 2 aliphatic carbocycles. The third-order valence-electron chi connectivity index (χ3n) is 13.8. The van der Waals surface area contributed by atoms with E-state index in [1.54, 1.807) is 0 Å². The van der Waals surface area contributed by atoms with Crippen molar-refractivity contribution in [2.75, 3.05) is 4.90 Å². The third-order valence-corrected chi connectivity index (χ3v) is 13.8. The number of nitrogens with zero attached hydrogens (tertiary/aromatic N) is 2. The lowest BCUT2D eigenvalue weighted by atomic mass is 9.44. The molecule has 3 heterocycles. The van der Waals surface area contributed by atoms with Gasteiger partial charge in [-0.05, 0) is 111 Å². The molecule has 7 aromatic rings. The van der Waals surface area contributed by atoms with E-state index in [0.717, 1.165) is 12.8 Å². The Balaban J connectivity index is 1.30. The highest BCUT2D eigenvalue weighted by Gasteiger charge is 2.51. The van der Waals surface area contributed by atoms with Crippen LogP contribution >= 0.6 is 0 Å². The first-order valence-corrected chi connectivity index (χ1v) is 20.9. The Bertz CT molecular complexity index is 2740. The Morgan fingerprint density at radius 3 is 1.98 bits per heavy atom. The highest BCUT2D eigenvalue weighted by Crippen LogP contribution is 2.59. The van der Waals surface area contributed by atoms with Crippen molar-refractivity contribution < 1.29 is 0 Å². The number of unbranched alkanes of at least 4 members (excludes halogenated alkanes) is 2. The number of fused-ring (bicyclic) bond motifs is 13. The fourth-order valence-electron chi connectivity index (χ4n) is 11.3. The largest absolute Gasteiger partial charge is 0.378 e. The highest BCUT2D eigenvalue weighted by molar-refractivity contribution is 6.89. The molecule has 0 bridgehead atoms. The summed E-state index contributed by atoms with van der Waals surface area (Å²) in [5.74, 6) is 0. The van der Waals surface area contributed by atoms with Gasteiger partial charge in [0.05, 0.1) is 0 Å². The summed E-state index contributed by atoms with van der Waals surface area (Å²) in [4.78, 5) is 2.68. The first-order chi connectivity index (χ1) is 26.8. The molecule has 0 radical (unpaired) electrons. The molecule has 0 N–H and O–H groups in total. The molecule has 270 valence electrons. The van der Waals surface area contributed by atoms with E-state index < -0.39 is 0 Å². The van der Waals surface area contributed by atoms with Crippen LogP contribution in [0.5, 0.6) is 0 Å². The van der Waals surface area contributed by atoms with Gasteiger partial charge >= 0.3 is 6.85 Å². The Hall–Kier alpha value is -5.28. The molecule has 0 saturated heterocycles. The van der Waals surface area contributed by atoms with Crippen LogP contribution in [0.15, 0.2) is 115 Å². The number of aryl methyl sites for hydroxylation is 2. The molecule has 0 saturated carbocycles. The quantitative estimate of drug-likeness (QED) is 0.149. The summed E-state index contributed by atoms with van der Waals surface area (Å²) in [5.41, 5.74) is 24.8. The Morgan fingerprint density at radius 2 is 1.24 bits per heavy atom. The third kappa shape index (κ3) is 4.28. The molecule has 55 heavy (non-hydrogen) atoms. The predicted octanol–water partition coefficient (Wildman–Crippen LogP) is 12.4. The summed E-state index contributed by atoms with van der Waals surface area (Å²) in [5, 5.41) is 1.38. The van der Waals surface area contributed by atoms with Crippen molar-refractivity contribution in [3.05, 3.63) is 149 Å².